The molecule has 0 atom stereocenters. The number of sulfonamides is 1. The second-order valence-corrected chi connectivity index (χ2v) is 7.62. The van der Waals surface area contributed by atoms with Crippen molar-refractivity contribution < 1.29 is 12.8 Å². The van der Waals surface area contributed by atoms with Gasteiger partial charge in [-0.1, -0.05) is 19.9 Å². The number of hydrogen-bond acceptors (Lipinski definition) is 3. The van der Waals surface area contributed by atoms with Gasteiger partial charge in [-0.25, -0.2) is 12.8 Å². The Balaban J connectivity index is 3.15. The Morgan fingerprint density at radius 1 is 1.29 bits per heavy atom. The summed E-state index contributed by atoms with van der Waals surface area (Å²) in [5.41, 5.74) is 0.166. The van der Waals surface area contributed by atoms with Crippen LogP contribution < -0.4 is 5.32 Å². The lowest BCUT2D eigenvalue weighted by molar-refractivity contribution is 0.256. The summed E-state index contributed by atoms with van der Waals surface area (Å²) in [5, 5.41) is 3.08. The molecule has 1 aromatic rings. The molecule has 0 radical (unpaired) electrons. The molecular formula is C15H25FN2O2S. The van der Waals surface area contributed by atoms with E-state index in [0.717, 1.165) is 12.1 Å². The monoisotopic (exact) mass is 316 g/mol. The first-order valence-corrected chi connectivity index (χ1v) is 8.59. The molecule has 0 bridgehead atoms. The largest absolute Gasteiger partial charge is 0.313 e. The first kappa shape index (κ1) is 18.1. The number of nitrogens with one attached hydrogen (secondary N) is 1. The third-order valence-corrected chi connectivity index (χ3v) is 6.03. The second kappa shape index (κ2) is 6.85. The van der Waals surface area contributed by atoms with Gasteiger partial charge in [-0.2, -0.15) is 4.31 Å². The number of rotatable bonds is 7. The Morgan fingerprint density at radius 3 is 2.38 bits per heavy atom. The maximum absolute atomic E-state index is 14.2. The minimum atomic E-state index is -3.84. The van der Waals surface area contributed by atoms with Gasteiger partial charge < -0.3 is 5.32 Å². The van der Waals surface area contributed by atoms with E-state index in [1.807, 2.05) is 27.7 Å². The van der Waals surface area contributed by atoms with E-state index in [2.05, 4.69) is 5.32 Å². The molecule has 1 aromatic carbocycles. The number of nitrogens with zero attached hydrogens (tertiary/aromatic N) is 1. The number of halogens is 1. The highest BCUT2D eigenvalue weighted by Crippen LogP contribution is 2.27. The van der Waals surface area contributed by atoms with Crippen molar-refractivity contribution in [2.75, 3.05) is 13.6 Å². The van der Waals surface area contributed by atoms with E-state index in [4.69, 9.17) is 0 Å². The molecule has 0 unspecified atom stereocenters. The van der Waals surface area contributed by atoms with Gasteiger partial charge in [0, 0.05) is 19.1 Å². The molecule has 0 aliphatic rings. The van der Waals surface area contributed by atoms with Crippen LogP contribution in [-0.4, -0.2) is 31.9 Å². The van der Waals surface area contributed by atoms with Gasteiger partial charge in [0.05, 0.1) is 0 Å². The van der Waals surface area contributed by atoms with E-state index in [0.29, 0.717) is 13.0 Å². The van der Waals surface area contributed by atoms with E-state index in [-0.39, 0.29) is 4.90 Å². The standard InChI is InChI=1S/C15H25FN2O2S/c1-6-15(3,4)18(5)21(19,20)14-9-8-12(10-13(14)16)11-17-7-2/h8-10,17H,6-7,11H2,1-5H3. The number of benzene rings is 1. The van der Waals surface area contributed by atoms with Crippen molar-refractivity contribution in [3.05, 3.63) is 29.6 Å². The maximum Gasteiger partial charge on any atom is 0.246 e. The average molecular weight is 316 g/mol. The van der Waals surface area contributed by atoms with Crippen molar-refractivity contribution in [1.29, 1.82) is 0 Å². The summed E-state index contributed by atoms with van der Waals surface area (Å²) in [6, 6.07) is 4.27. The van der Waals surface area contributed by atoms with Crippen LogP contribution >= 0.6 is 0 Å². The molecule has 0 amide bonds. The van der Waals surface area contributed by atoms with Crippen molar-refractivity contribution >= 4 is 10.0 Å². The normalized spacial score (nSPS) is 12.9. The molecule has 0 aromatic heterocycles. The fourth-order valence-electron chi connectivity index (χ4n) is 1.83. The molecule has 0 spiro atoms. The molecule has 0 saturated carbocycles. The van der Waals surface area contributed by atoms with Gasteiger partial charge in [0.2, 0.25) is 10.0 Å². The summed E-state index contributed by atoms with van der Waals surface area (Å²) >= 11 is 0. The molecule has 1 N–H and O–H groups in total. The second-order valence-electron chi connectivity index (χ2n) is 5.68. The molecule has 0 aliphatic carbocycles. The molecule has 6 heteroatoms. The summed E-state index contributed by atoms with van der Waals surface area (Å²) < 4.78 is 40.5. The van der Waals surface area contributed by atoms with Crippen molar-refractivity contribution in [2.24, 2.45) is 0 Å². The van der Waals surface area contributed by atoms with Crippen LogP contribution in [0.3, 0.4) is 0 Å². The van der Waals surface area contributed by atoms with Gasteiger partial charge >= 0.3 is 0 Å². The highest BCUT2D eigenvalue weighted by atomic mass is 32.2. The van der Waals surface area contributed by atoms with Crippen LogP contribution in [0.1, 0.15) is 39.7 Å². The fourth-order valence-corrected chi connectivity index (χ4v) is 3.45. The summed E-state index contributed by atoms with van der Waals surface area (Å²) in [4.78, 5) is -0.272. The van der Waals surface area contributed by atoms with Crippen LogP contribution in [0.2, 0.25) is 0 Å². The lowest BCUT2D eigenvalue weighted by atomic mass is 10.0. The quantitative estimate of drug-likeness (QED) is 0.841. The first-order valence-electron chi connectivity index (χ1n) is 7.15. The van der Waals surface area contributed by atoms with Crippen LogP contribution in [0.5, 0.6) is 0 Å². The molecule has 120 valence electrons. The van der Waals surface area contributed by atoms with E-state index in [1.54, 1.807) is 6.07 Å². The smallest absolute Gasteiger partial charge is 0.246 e. The van der Waals surface area contributed by atoms with E-state index < -0.39 is 21.4 Å². The minimum Gasteiger partial charge on any atom is -0.313 e. The highest BCUT2D eigenvalue weighted by molar-refractivity contribution is 7.89. The molecule has 0 heterocycles. The van der Waals surface area contributed by atoms with Crippen molar-refractivity contribution in [2.45, 2.75) is 51.1 Å². The molecule has 21 heavy (non-hydrogen) atoms. The average Bonchev–Trinajstić information content (AvgIpc) is 2.43. The summed E-state index contributed by atoms with van der Waals surface area (Å²) in [5.74, 6) is -0.704. The van der Waals surface area contributed by atoms with Crippen molar-refractivity contribution in [3.8, 4) is 0 Å². The zero-order chi connectivity index (χ0) is 16.3. The topological polar surface area (TPSA) is 49.4 Å². The zero-order valence-electron chi connectivity index (χ0n) is 13.4. The Hall–Kier alpha value is -0.980. The minimum absolute atomic E-state index is 0.272. The lowest BCUT2D eigenvalue weighted by Gasteiger charge is -2.33. The van der Waals surface area contributed by atoms with Crippen LogP contribution in [0, 0.1) is 5.82 Å². The Morgan fingerprint density at radius 2 is 1.90 bits per heavy atom. The van der Waals surface area contributed by atoms with Crippen LogP contribution in [0.15, 0.2) is 23.1 Å². The third kappa shape index (κ3) is 4.02. The summed E-state index contributed by atoms with van der Waals surface area (Å²) in [6.07, 6.45) is 0.642. The van der Waals surface area contributed by atoms with E-state index in [9.17, 15) is 12.8 Å². The van der Waals surface area contributed by atoms with Gasteiger partial charge in [0.15, 0.2) is 0 Å². The fraction of sp³-hybridized carbons (Fsp3) is 0.600. The van der Waals surface area contributed by atoms with E-state index >= 15 is 0 Å². The Kier molecular flexibility index (Phi) is 5.90. The van der Waals surface area contributed by atoms with E-state index in [1.165, 1.54) is 23.5 Å². The highest BCUT2D eigenvalue weighted by Gasteiger charge is 2.34. The van der Waals surface area contributed by atoms with Gasteiger partial charge in [-0.15, -0.1) is 0 Å². The summed E-state index contributed by atoms with van der Waals surface area (Å²) in [6.45, 7) is 8.79. The summed E-state index contributed by atoms with van der Waals surface area (Å²) in [7, 11) is -2.35. The van der Waals surface area contributed by atoms with Gasteiger partial charge in [-0.3, -0.25) is 0 Å². The van der Waals surface area contributed by atoms with Gasteiger partial charge in [0.1, 0.15) is 10.7 Å². The SMILES string of the molecule is CCNCc1ccc(S(=O)(=O)N(C)C(C)(C)CC)c(F)c1. The van der Waals surface area contributed by atoms with Gasteiger partial charge in [0.25, 0.3) is 0 Å². The molecule has 0 aliphatic heterocycles. The lowest BCUT2D eigenvalue weighted by Crippen LogP contribution is -2.44. The predicted octanol–water partition coefficient (Wildman–Crippen LogP) is 2.74. The van der Waals surface area contributed by atoms with Crippen LogP contribution in [-0.2, 0) is 16.6 Å². The van der Waals surface area contributed by atoms with Crippen LogP contribution in [0.4, 0.5) is 4.39 Å². The zero-order valence-corrected chi connectivity index (χ0v) is 14.2. The molecule has 1 rings (SSSR count). The number of hydrogen-bond donors (Lipinski definition) is 1. The van der Waals surface area contributed by atoms with Crippen molar-refractivity contribution in [3.63, 3.8) is 0 Å². The van der Waals surface area contributed by atoms with Crippen molar-refractivity contribution in [1.82, 2.24) is 9.62 Å². The maximum atomic E-state index is 14.2. The molecule has 0 fully saturated rings. The first-order chi connectivity index (χ1) is 9.66. The van der Waals surface area contributed by atoms with Crippen LogP contribution in [0.25, 0.3) is 0 Å². The predicted molar refractivity (Wildman–Crippen MR) is 83.1 cm³/mol. The molecule has 4 nitrogen and oxygen atoms in total. The Bertz CT molecular complexity index is 585. The molecular weight excluding hydrogens is 291 g/mol. The van der Waals surface area contributed by atoms with Gasteiger partial charge in [-0.05, 0) is 44.5 Å². The Labute approximate surface area is 127 Å². The molecule has 0 saturated heterocycles. The third-order valence-electron chi connectivity index (χ3n) is 3.93.